The Morgan fingerprint density at radius 1 is 1.41 bits per heavy atom. The fourth-order valence-electron chi connectivity index (χ4n) is 2.33. The number of rotatable bonds is 2. The van der Waals surface area contributed by atoms with Crippen LogP contribution >= 0.6 is 15.9 Å². The summed E-state index contributed by atoms with van der Waals surface area (Å²) in [5.41, 5.74) is 0.369. The molecule has 92 valence electrons. The zero-order valence-corrected chi connectivity index (χ0v) is 11.4. The molecule has 0 aliphatic heterocycles. The van der Waals surface area contributed by atoms with Crippen molar-refractivity contribution in [2.75, 3.05) is 7.05 Å². The Balaban J connectivity index is 2.20. The number of hydrogen-bond acceptors (Lipinski definition) is 2. The topological polar surface area (TPSA) is 40.5 Å². The molecule has 1 amide bonds. The summed E-state index contributed by atoms with van der Waals surface area (Å²) in [7, 11) is 1.82. The summed E-state index contributed by atoms with van der Waals surface area (Å²) in [4.78, 5) is 14.0. The quantitative estimate of drug-likeness (QED) is 0.911. The first-order valence-corrected chi connectivity index (χ1v) is 6.64. The first kappa shape index (κ1) is 12.4. The zero-order valence-electron chi connectivity index (χ0n) is 9.82. The Morgan fingerprint density at radius 3 is 2.71 bits per heavy atom. The number of phenols is 1. The monoisotopic (exact) mass is 297 g/mol. The third-order valence-corrected chi connectivity index (χ3v) is 3.88. The van der Waals surface area contributed by atoms with Crippen LogP contribution in [0.15, 0.2) is 22.7 Å². The van der Waals surface area contributed by atoms with Gasteiger partial charge in [-0.15, -0.1) is 0 Å². The van der Waals surface area contributed by atoms with Crippen LogP contribution in [0.1, 0.15) is 36.0 Å². The van der Waals surface area contributed by atoms with E-state index in [1.54, 1.807) is 23.1 Å². The van der Waals surface area contributed by atoms with Crippen LogP contribution in [0.4, 0.5) is 0 Å². The van der Waals surface area contributed by atoms with Gasteiger partial charge in [0.1, 0.15) is 5.75 Å². The lowest BCUT2D eigenvalue weighted by atomic mass is 10.1. The lowest BCUT2D eigenvalue weighted by Crippen LogP contribution is -2.35. The molecular weight excluding hydrogens is 282 g/mol. The predicted molar refractivity (Wildman–Crippen MR) is 70.2 cm³/mol. The highest BCUT2D eigenvalue weighted by atomic mass is 79.9. The number of hydrogen-bond donors (Lipinski definition) is 1. The molecule has 17 heavy (non-hydrogen) atoms. The van der Waals surface area contributed by atoms with Crippen LogP contribution < -0.4 is 0 Å². The molecule has 1 aromatic carbocycles. The van der Waals surface area contributed by atoms with Crippen molar-refractivity contribution in [2.45, 2.75) is 31.7 Å². The van der Waals surface area contributed by atoms with E-state index in [1.807, 2.05) is 7.05 Å². The molecule has 1 aliphatic rings. The van der Waals surface area contributed by atoms with Gasteiger partial charge in [-0.05, 0) is 31.0 Å². The van der Waals surface area contributed by atoms with Crippen molar-refractivity contribution in [2.24, 2.45) is 0 Å². The summed E-state index contributed by atoms with van der Waals surface area (Å²) in [6, 6.07) is 5.26. The molecule has 0 saturated heterocycles. The molecular formula is C13H16BrNO2. The number of carbonyl (C=O) groups is 1. The van der Waals surface area contributed by atoms with E-state index in [2.05, 4.69) is 15.9 Å². The van der Waals surface area contributed by atoms with Crippen LogP contribution in [-0.2, 0) is 0 Å². The van der Waals surface area contributed by atoms with Crippen molar-refractivity contribution in [3.8, 4) is 5.75 Å². The third kappa shape index (κ3) is 2.63. The molecule has 0 unspecified atom stereocenters. The molecule has 0 heterocycles. The van der Waals surface area contributed by atoms with Gasteiger partial charge in [0.25, 0.3) is 5.91 Å². The van der Waals surface area contributed by atoms with Gasteiger partial charge < -0.3 is 10.0 Å². The van der Waals surface area contributed by atoms with Crippen LogP contribution in [0.5, 0.6) is 5.75 Å². The molecule has 0 aromatic heterocycles. The van der Waals surface area contributed by atoms with Gasteiger partial charge in [-0.3, -0.25) is 4.79 Å². The van der Waals surface area contributed by atoms with Crippen molar-refractivity contribution in [1.29, 1.82) is 0 Å². The molecule has 1 fully saturated rings. The summed E-state index contributed by atoms with van der Waals surface area (Å²) < 4.78 is 0.804. The second-order valence-corrected chi connectivity index (χ2v) is 5.43. The number of benzene rings is 1. The van der Waals surface area contributed by atoms with Crippen molar-refractivity contribution in [3.63, 3.8) is 0 Å². The van der Waals surface area contributed by atoms with Gasteiger partial charge in [0, 0.05) is 17.6 Å². The average Bonchev–Trinajstić information content (AvgIpc) is 2.84. The minimum absolute atomic E-state index is 0.0445. The highest BCUT2D eigenvalue weighted by Crippen LogP contribution is 2.27. The maximum Gasteiger partial charge on any atom is 0.257 e. The number of nitrogens with zero attached hydrogens (tertiary/aromatic N) is 1. The summed E-state index contributed by atoms with van der Waals surface area (Å²) in [6.07, 6.45) is 4.51. The fourth-order valence-corrected chi connectivity index (χ4v) is 2.69. The first-order valence-electron chi connectivity index (χ1n) is 5.85. The van der Waals surface area contributed by atoms with Gasteiger partial charge in [0.2, 0.25) is 0 Å². The Morgan fingerprint density at radius 2 is 2.06 bits per heavy atom. The molecule has 2 rings (SSSR count). The largest absolute Gasteiger partial charge is 0.507 e. The zero-order chi connectivity index (χ0) is 12.4. The number of carbonyl (C=O) groups excluding carboxylic acids is 1. The molecule has 0 bridgehead atoms. The molecule has 0 atom stereocenters. The van der Waals surface area contributed by atoms with E-state index in [4.69, 9.17) is 0 Å². The molecule has 0 spiro atoms. The maximum absolute atomic E-state index is 12.2. The van der Waals surface area contributed by atoms with Crippen LogP contribution in [-0.4, -0.2) is 29.0 Å². The Kier molecular flexibility index (Phi) is 3.72. The van der Waals surface area contributed by atoms with E-state index >= 15 is 0 Å². The van der Waals surface area contributed by atoms with Crippen molar-refractivity contribution >= 4 is 21.8 Å². The summed E-state index contributed by atoms with van der Waals surface area (Å²) in [5, 5.41) is 9.73. The fraction of sp³-hybridized carbons (Fsp3) is 0.462. The van der Waals surface area contributed by atoms with E-state index in [0.29, 0.717) is 11.6 Å². The van der Waals surface area contributed by atoms with Crippen molar-refractivity contribution in [1.82, 2.24) is 4.90 Å². The predicted octanol–water partition coefficient (Wildman–Crippen LogP) is 3.17. The van der Waals surface area contributed by atoms with Gasteiger partial charge in [0.05, 0.1) is 5.56 Å². The average molecular weight is 298 g/mol. The van der Waals surface area contributed by atoms with Gasteiger partial charge in [-0.2, -0.15) is 0 Å². The van der Waals surface area contributed by atoms with Crippen LogP contribution in [0, 0.1) is 0 Å². The smallest absolute Gasteiger partial charge is 0.257 e. The van der Waals surface area contributed by atoms with Crippen molar-refractivity contribution < 1.29 is 9.90 Å². The molecule has 1 aromatic rings. The minimum Gasteiger partial charge on any atom is -0.507 e. The van der Waals surface area contributed by atoms with E-state index in [-0.39, 0.29) is 11.7 Å². The molecule has 4 heteroatoms. The standard InChI is InChI=1S/C13H16BrNO2/c1-15(10-4-2-3-5-10)13(17)11-8-9(14)6-7-12(11)16/h6-8,10,16H,2-5H2,1H3. The number of aromatic hydroxyl groups is 1. The van der Waals surface area contributed by atoms with Gasteiger partial charge in [-0.1, -0.05) is 28.8 Å². The second kappa shape index (κ2) is 5.08. The highest BCUT2D eigenvalue weighted by Gasteiger charge is 2.25. The SMILES string of the molecule is CN(C(=O)c1cc(Br)ccc1O)C1CCCC1. The normalized spacial score (nSPS) is 16.1. The van der Waals surface area contributed by atoms with Gasteiger partial charge in [-0.25, -0.2) is 0 Å². The summed E-state index contributed by atoms with van der Waals surface area (Å²) >= 11 is 3.32. The summed E-state index contributed by atoms with van der Waals surface area (Å²) in [5.74, 6) is -0.0567. The lowest BCUT2D eigenvalue weighted by molar-refractivity contribution is 0.0732. The van der Waals surface area contributed by atoms with E-state index in [0.717, 1.165) is 17.3 Å². The molecule has 0 radical (unpaired) electrons. The molecule has 3 nitrogen and oxygen atoms in total. The van der Waals surface area contributed by atoms with Gasteiger partial charge >= 0.3 is 0 Å². The molecule has 1 N–H and O–H groups in total. The Labute approximate surface area is 110 Å². The van der Waals surface area contributed by atoms with E-state index in [1.165, 1.54) is 12.8 Å². The Bertz CT molecular complexity index is 427. The highest BCUT2D eigenvalue weighted by molar-refractivity contribution is 9.10. The number of halogens is 1. The van der Waals surface area contributed by atoms with Gasteiger partial charge in [0.15, 0.2) is 0 Å². The summed E-state index contributed by atoms with van der Waals surface area (Å²) in [6.45, 7) is 0. The second-order valence-electron chi connectivity index (χ2n) is 4.52. The number of amides is 1. The lowest BCUT2D eigenvalue weighted by Gasteiger charge is -2.24. The minimum atomic E-state index is -0.101. The van der Waals surface area contributed by atoms with E-state index in [9.17, 15) is 9.90 Å². The van der Waals surface area contributed by atoms with Crippen molar-refractivity contribution in [3.05, 3.63) is 28.2 Å². The van der Waals surface area contributed by atoms with Crippen LogP contribution in [0.2, 0.25) is 0 Å². The molecule has 1 aliphatic carbocycles. The first-order chi connectivity index (χ1) is 8.09. The van der Waals surface area contributed by atoms with E-state index < -0.39 is 0 Å². The Hall–Kier alpha value is -1.03. The maximum atomic E-state index is 12.2. The van der Waals surface area contributed by atoms with Crippen LogP contribution in [0.25, 0.3) is 0 Å². The molecule has 1 saturated carbocycles. The van der Waals surface area contributed by atoms with Crippen LogP contribution in [0.3, 0.4) is 0 Å². The third-order valence-electron chi connectivity index (χ3n) is 3.38. The number of phenolic OH excluding ortho intramolecular Hbond substituents is 1.